The molecule has 3 heterocycles. The fourth-order valence-electron chi connectivity index (χ4n) is 3.29. The molecule has 0 aliphatic rings. The van der Waals surface area contributed by atoms with E-state index in [9.17, 15) is 13.2 Å². The Morgan fingerprint density at radius 2 is 1.86 bits per heavy atom. The maximum atomic E-state index is 10.6. The molecule has 0 aliphatic heterocycles. The van der Waals surface area contributed by atoms with Crippen LogP contribution in [0.5, 0.6) is 5.75 Å². The smallest absolute Gasteiger partial charge is 0.490 e. The number of aromatic nitrogens is 2. The Balaban J connectivity index is 0.000000429. The van der Waals surface area contributed by atoms with Gasteiger partial charge in [0, 0.05) is 23.7 Å². The van der Waals surface area contributed by atoms with Crippen molar-refractivity contribution in [1.82, 2.24) is 13.5 Å². The van der Waals surface area contributed by atoms with E-state index in [1.807, 2.05) is 33.9 Å². The van der Waals surface area contributed by atoms with Crippen molar-refractivity contribution in [2.24, 2.45) is 0 Å². The number of halogens is 4. The summed E-state index contributed by atoms with van der Waals surface area (Å²) in [7, 11) is 4.14. The maximum Gasteiger partial charge on any atom is 0.490 e. The number of alkyl halides is 3. The Labute approximate surface area is 208 Å². The quantitative estimate of drug-likeness (QED) is 0.279. The molecule has 0 amide bonds. The van der Waals surface area contributed by atoms with Crippen LogP contribution in [0.4, 0.5) is 13.2 Å². The van der Waals surface area contributed by atoms with E-state index in [1.165, 1.54) is 0 Å². The minimum atomic E-state index is -5.08. The van der Waals surface area contributed by atoms with Gasteiger partial charge in [-0.05, 0) is 62.5 Å². The van der Waals surface area contributed by atoms with Gasteiger partial charge in [0.25, 0.3) is 0 Å². The molecule has 0 aliphatic carbocycles. The molecule has 0 fully saturated rings. The van der Waals surface area contributed by atoms with Gasteiger partial charge in [-0.15, -0.1) is 0 Å². The van der Waals surface area contributed by atoms with Crippen LogP contribution in [0.1, 0.15) is 6.42 Å². The fourth-order valence-corrected chi connectivity index (χ4v) is 3.93. The molecule has 0 bridgehead atoms. The second kappa shape index (κ2) is 11.4. The molecule has 1 N–H and O–H groups in total. The standard InChI is InChI=1S/C22H22BrN3O2.C2HF3O2/c1-25(2)13-5-15-27-17-10-8-16(9-11-17)20-18-6-3-12-24-22(18)26(23)21(20)19-7-4-14-28-19;3-2(4,5)1(6)7/h3-4,6-12,14H,5,13,15H2,1-2H3;(H,6,7). The van der Waals surface area contributed by atoms with Crippen LogP contribution in [0.3, 0.4) is 0 Å². The number of carbonyl (C=O) groups is 1. The normalized spacial score (nSPS) is 11.4. The van der Waals surface area contributed by atoms with Gasteiger partial charge in [0.05, 0.1) is 29.0 Å². The Morgan fingerprint density at radius 3 is 2.43 bits per heavy atom. The molecule has 0 saturated heterocycles. The zero-order chi connectivity index (χ0) is 25.6. The third kappa shape index (κ3) is 6.64. The van der Waals surface area contributed by atoms with E-state index >= 15 is 0 Å². The summed E-state index contributed by atoms with van der Waals surface area (Å²) in [6.07, 6.45) is -0.609. The average molecular weight is 554 g/mol. The van der Waals surface area contributed by atoms with Crippen LogP contribution in [0.25, 0.3) is 33.6 Å². The van der Waals surface area contributed by atoms with E-state index < -0.39 is 12.1 Å². The van der Waals surface area contributed by atoms with Crippen molar-refractivity contribution in [2.45, 2.75) is 12.6 Å². The molecule has 0 radical (unpaired) electrons. The second-order valence-corrected chi connectivity index (χ2v) is 8.40. The summed E-state index contributed by atoms with van der Waals surface area (Å²) in [6.45, 7) is 1.72. The minimum absolute atomic E-state index is 0.708. The zero-order valence-electron chi connectivity index (χ0n) is 18.9. The monoisotopic (exact) mass is 553 g/mol. The predicted octanol–water partition coefficient (Wildman–Crippen LogP) is 6.09. The number of carboxylic acid groups (broad SMARTS) is 1. The lowest BCUT2D eigenvalue weighted by Gasteiger charge is -2.11. The van der Waals surface area contributed by atoms with Crippen LogP contribution in [0.15, 0.2) is 65.4 Å². The summed E-state index contributed by atoms with van der Waals surface area (Å²) >= 11 is 3.66. The van der Waals surface area contributed by atoms with Crippen molar-refractivity contribution in [3.8, 4) is 28.3 Å². The molecule has 4 rings (SSSR count). The predicted molar refractivity (Wildman–Crippen MR) is 130 cm³/mol. The number of nitrogens with zero attached hydrogens (tertiary/aromatic N) is 3. The van der Waals surface area contributed by atoms with Gasteiger partial charge >= 0.3 is 12.1 Å². The zero-order valence-corrected chi connectivity index (χ0v) is 20.5. The van der Waals surface area contributed by atoms with E-state index in [-0.39, 0.29) is 0 Å². The molecule has 0 atom stereocenters. The van der Waals surface area contributed by atoms with Crippen LogP contribution in [-0.4, -0.2) is 58.0 Å². The number of hydrogen-bond donors (Lipinski definition) is 1. The Morgan fingerprint density at radius 1 is 1.17 bits per heavy atom. The number of rotatable bonds is 7. The van der Waals surface area contributed by atoms with Crippen molar-refractivity contribution in [1.29, 1.82) is 0 Å². The van der Waals surface area contributed by atoms with Gasteiger partial charge in [0.15, 0.2) is 11.4 Å². The first-order valence-corrected chi connectivity index (χ1v) is 11.2. The lowest BCUT2D eigenvalue weighted by atomic mass is 10.0. The summed E-state index contributed by atoms with van der Waals surface area (Å²) in [5, 5.41) is 8.19. The molecule has 35 heavy (non-hydrogen) atoms. The lowest BCUT2D eigenvalue weighted by molar-refractivity contribution is -0.192. The van der Waals surface area contributed by atoms with Crippen molar-refractivity contribution in [3.63, 3.8) is 0 Å². The van der Waals surface area contributed by atoms with E-state index in [1.54, 1.807) is 12.5 Å². The first-order valence-electron chi connectivity index (χ1n) is 10.5. The second-order valence-electron chi connectivity index (χ2n) is 7.69. The highest BCUT2D eigenvalue weighted by Gasteiger charge is 2.38. The molecule has 1 aromatic carbocycles. The summed E-state index contributed by atoms with van der Waals surface area (Å²) in [4.78, 5) is 15.6. The molecule has 7 nitrogen and oxygen atoms in total. The number of ether oxygens (including phenoxy) is 1. The molecule has 186 valence electrons. The van der Waals surface area contributed by atoms with Crippen molar-refractivity contribution < 1.29 is 32.2 Å². The molecule has 0 unspecified atom stereocenters. The number of benzene rings is 1. The summed E-state index contributed by atoms with van der Waals surface area (Å²) in [5.74, 6) is -1.09. The highest BCUT2D eigenvalue weighted by molar-refractivity contribution is 9.08. The Hall–Kier alpha value is -3.31. The molecular formula is C24H23BrF3N3O4. The van der Waals surface area contributed by atoms with Crippen LogP contribution in [0, 0.1) is 0 Å². The molecule has 3 aromatic heterocycles. The van der Waals surface area contributed by atoms with Crippen molar-refractivity contribution >= 4 is 33.1 Å². The first-order chi connectivity index (χ1) is 16.6. The maximum absolute atomic E-state index is 10.6. The van der Waals surface area contributed by atoms with Crippen LogP contribution in [-0.2, 0) is 4.79 Å². The average Bonchev–Trinajstić information content (AvgIpc) is 3.43. The van der Waals surface area contributed by atoms with Gasteiger partial charge in [0.1, 0.15) is 11.4 Å². The van der Waals surface area contributed by atoms with Crippen LogP contribution < -0.4 is 4.74 Å². The fraction of sp³-hybridized carbons (Fsp3) is 0.250. The van der Waals surface area contributed by atoms with Gasteiger partial charge in [-0.2, -0.15) is 13.2 Å². The summed E-state index contributed by atoms with van der Waals surface area (Å²) in [6, 6.07) is 16.1. The van der Waals surface area contributed by atoms with Crippen molar-refractivity contribution in [2.75, 3.05) is 27.2 Å². The van der Waals surface area contributed by atoms with E-state index in [0.29, 0.717) is 6.61 Å². The highest BCUT2D eigenvalue weighted by atomic mass is 79.9. The number of aliphatic carboxylic acids is 1. The molecule has 11 heteroatoms. The molecule has 0 spiro atoms. The van der Waals surface area contributed by atoms with Gasteiger partial charge in [-0.3, -0.25) is 3.59 Å². The largest absolute Gasteiger partial charge is 0.494 e. The number of carboxylic acids is 1. The third-order valence-corrected chi connectivity index (χ3v) is 5.52. The Bertz CT molecular complexity index is 1250. The third-order valence-electron chi connectivity index (χ3n) is 4.83. The molecule has 0 saturated carbocycles. The molecule has 4 aromatic rings. The lowest BCUT2D eigenvalue weighted by Crippen LogP contribution is -2.21. The minimum Gasteiger partial charge on any atom is -0.494 e. The topological polar surface area (TPSA) is 80.7 Å². The van der Waals surface area contributed by atoms with E-state index in [4.69, 9.17) is 19.1 Å². The van der Waals surface area contributed by atoms with Gasteiger partial charge < -0.3 is 19.2 Å². The highest BCUT2D eigenvalue weighted by Crippen LogP contribution is 2.41. The summed E-state index contributed by atoms with van der Waals surface area (Å²) in [5.41, 5.74) is 3.96. The van der Waals surface area contributed by atoms with Crippen LogP contribution >= 0.6 is 16.1 Å². The van der Waals surface area contributed by atoms with Crippen molar-refractivity contribution in [3.05, 3.63) is 61.0 Å². The van der Waals surface area contributed by atoms with E-state index in [0.717, 1.165) is 52.3 Å². The van der Waals surface area contributed by atoms with E-state index in [2.05, 4.69) is 58.3 Å². The number of fused-ring (bicyclic) bond motifs is 1. The SMILES string of the molecule is CN(C)CCCOc1ccc(-c2c(-c3ccco3)n(Br)c3ncccc23)cc1.O=C(O)C(F)(F)F. The van der Waals surface area contributed by atoms with Gasteiger partial charge in [0.2, 0.25) is 0 Å². The summed E-state index contributed by atoms with van der Waals surface area (Å²) < 4.78 is 45.2. The number of hydrogen-bond acceptors (Lipinski definition) is 5. The van der Waals surface area contributed by atoms with Gasteiger partial charge in [-0.25, -0.2) is 9.78 Å². The number of furan rings is 1. The number of pyridine rings is 1. The van der Waals surface area contributed by atoms with Crippen LogP contribution in [0.2, 0.25) is 0 Å². The first kappa shape index (κ1) is 26.3. The Kier molecular flexibility index (Phi) is 8.57. The van der Waals surface area contributed by atoms with Gasteiger partial charge in [-0.1, -0.05) is 12.1 Å². The molecular weight excluding hydrogens is 531 g/mol.